The molecule has 0 radical (unpaired) electrons. The van der Waals surface area contributed by atoms with E-state index in [0.717, 1.165) is 31.9 Å². The van der Waals surface area contributed by atoms with E-state index in [1.807, 2.05) is 4.90 Å². The molecule has 1 heterocycles. The first-order valence-corrected chi connectivity index (χ1v) is 6.76. The lowest BCUT2D eigenvalue weighted by atomic mass is 9.81. The van der Waals surface area contributed by atoms with Gasteiger partial charge in [-0.25, -0.2) is 0 Å². The fraction of sp³-hybridized carbons (Fsp3) is 0.500. The van der Waals surface area contributed by atoms with Crippen LogP contribution in [0.1, 0.15) is 11.1 Å². The number of nitrogens with zero attached hydrogens (tertiary/aromatic N) is 4. The fourth-order valence-corrected chi connectivity index (χ4v) is 2.51. The Morgan fingerprint density at radius 3 is 2.57 bits per heavy atom. The molecule has 0 spiro atoms. The molecule has 1 aliphatic rings. The number of nitrogens with one attached hydrogen (secondary N) is 1. The Labute approximate surface area is 120 Å². The van der Waals surface area contributed by atoms with Crippen molar-refractivity contribution in [1.82, 2.24) is 5.32 Å². The minimum Gasteiger partial charge on any atom is -0.449 e. The van der Waals surface area contributed by atoms with E-state index < -0.39 is 13.3 Å². The molecule has 1 fully saturated rings. The van der Waals surface area contributed by atoms with Crippen molar-refractivity contribution in [3.8, 4) is 0 Å². The van der Waals surface area contributed by atoms with Gasteiger partial charge in [0, 0.05) is 42.5 Å². The predicted octanol–water partition coefficient (Wildman–Crippen LogP) is 3.28. The molecule has 1 N–H and O–H groups in total. The van der Waals surface area contributed by atoms with Crippen LogP contribution in [0.2, 0.25) is 0 Å². The summed E-state index contributed by atoms with van der Waals surface area (Å²) in [6.45, 7) is -0.154. The SMILES string of the molecule is Cc1c(N=[N+]=[N-])cc(C[B-](F)(F)F)cc1N1CCNCC1. The van der Waals surface area contributed by atoms with Crippen LogP contribution < -0.4 is 10.2 Å². The van der Waals surface area contributed by atoms with Crippen molar-refractivity contribution in [1.29, 1.82) is 0 Å². The predicted molar refractivity (Wildman–Crippen MR) is 77.8 cm³/mol. The highest BCUT2D eigenvalue weighted by Gasteiger charge is 2.24. The molecule has 114 valence electrons. The molecule has 21 heavy (non-hydrogen) atoms. The van der Waals surface area contributed by atoms with Gasteiger partial charge in [-0.2, -0.15) is 0 Å². The first-order valence-electron chi connectivity index (χ1n) is 6.76. The number of hydrogen-bond acceptors (Lipinski definition) is 3. The van der Waals surface area contributed by atoms with E-state index in [0.29, 0.717) is 5.56 Å². The van der Waals surface area contributed by atoms with Crippen LogP contribution in [0.5, 0.6) is 0 Å². The Morgan fingerprint density at radius 1 is 1.33 bits per heavy atom. The Bertz CT molecular complexity index is 563. The van der Waals surface area contributed by atoms with Gasteiger partial charge in [-0.05, 0) is 24.1 Å². The highest BCUT2D eigenvalue weighted by atomic mass is 19.4. The summed E-state index contributed by atoms with van der Waals surface area (Å²) in [6.07, 6.45) is -0.965. The number of halogens is 3. The van der Waals surface area contributed by atoms with E-state index in [-0.39, 0.29) is 11.3 Å². The minimum absolute atomic E-state index is 0.143. The third-order valence-corrected chi connectivity index (χ3v) is 3.49. The second-order valence-electron chi connectivity index (χ2n) is 5.10. The van der Waals surface area contributed by atoms with Gasteiger partial charge in [0.2, 0.25) is 0 Å². The third kappa shape index (κ3) is 4.06. The summed E-state index contributed by atoms with van der Waals surface area (Å²) in [4.78, 5) is 4.73. The Hall–Kier alpha value is -1.86. The molecule has 9 heteroatoms. The van der Waals surface area contributed by atoms with E-state index >= 15 is 0 Å². The zero-order valence-corrected chi connectivity index (χ0v) is 11.7. The van der Waals surface area contributed by atoms with Crippen molar-refractivity contribution in [2.45, 2.75) is 13.2 Å². The van der Waals surface area contributed by atoms with Crippen LogP contribution in [0.3, 0.4) is 0 Å². The lowest BCUT2D eigenvalue weighted by Gasteiger charge is -2.32. The molecule has 0 aromatic heterocycles. The van der Waals surface area contributed by atoms with E-state index in [1.165, 1.54) is 6.07 Å². The number of benzene rings is 1. The standard InChI is InChI=1S/C12H16BF3N5/c1-9-11(19-20-17)6-10(8-13(14,15)16)7-12(9)21-4-2-18-3-5-21/h6-7,18H,2-5,8H2,1H3/q-1. The van der Waals surface area contributed by atoms with E-state index in [2.05, 4.69) is 15.3 Å². The van der Waals surface area contributed by atoms with Crippen molar-refractivity contribution in [3.63, 3.8) is 0 Å². The van der Waals surface area contributed by atoms with Gasteiger partial charge >= 0.3 is 6.98 Å². The van der Waals surface area contributed by atoms with Crippen LogP contribution in [-0.2, 0) is 6.32 Å². The molecule has 0 unspecified atom stereocenters. The molecule has 5 nitrogen and oxygen atoms in total. The van der Waals surface area contributed by atoms with Crippen molar-refractivity contribution >= 4 is 18.4 Å². The van der Waals surface area contributed by atoms with Gasteiger partial charge in [0.25, 0.3) is 0 Å². The maximum absolute atomic E-state index is 12.7. The first kappa shape index (κ1) is 15.5. The van der Waals surface area contributed by atoms with Crippen LogP contribution in [0.15, 0.2) is 17.2 Å². The molecule has 1 aromatic carbocycles. The van der Waals surface area contributed by atoms with Gasteiger partial charge in [-0.15, -0.1) is 0 Å². The molecule has 0 atom stereocenters. The molecule has 2 rings (SSSR count). The van der Waals surface area contributed by atoms with Crippen LogP contribution in [0, 0.1) is 6.92 Å². The van der Waals surface area contributed by atoms with E-state index in [9.17, 15) is 12.9 Å². The number of anilines is 1. The Balaban J connectivity index is 2.43. The molecule has 0 saturated carbocycles. The molecular formula is C12H16BF3N5-. The fourth-order valence-electron chi connectivity index (χ4n) is 2.51. The lowest BCUT2D eigenvalue weighted by Crippen LogP contribution is -2.43. The van der Waals surface area contributed by atoms with Gasteiger partial charge in [-0.1, -0.05) is 23.1 Å². The zero-order valence-electron chi connectivity index (χ0n) is 11.7. The van der Waals surface area contributed by atoms with Crippen molar-refractivity contribution < 1.29 is 12.9 Å². The molecular weight excluding hydrogens is 282 g/mol. The first-order chi connectivity index (χ1) is 9.90. The number of hydrogen-bond donors (Lipinski definition) is 1. The smallest absolute Gasteiger partial charge is 0.449 e. The van der Waals surface area contributed by atoms with Gasteiger partial charge in [0.1, 0.15) is 0 Å². The molecule has 1 saturated heterocycles. The Kier molecular flexibility index (Phi) is 4.64. The van der Waals surface area contributed by atoms with Crippen LogP contribution in [0.25, 0.3) is 10.4 Å². The summed E-state index contributed by atoms with van der Waals surface area (Å²) in [5.74, 6) is 0. The third-order valence-electron chi connectivity index (χ3n) is 3.49. The summed E-state index contributed by atoms with van der Waals surface area (Å²) >= 11 is 0. The van der Waals surface area contributed by atoms with Crippen molar-refractivity contribution in [2.75, 3.05) is 31.1 Å². The highest BCUT2D eigenvalue weighted by molar-refractivity contribution is 6.57. The topological polar surface area (TPSA) is 64.0 Å². The van der Waals surface area contributed by atoms with Gasteiger partial charge < -0.3 is 23.2 Å². The Morgan fingerprint density at radius 2 is 2.00 bits per heavy atom. The number of piperazine rings is 1. The van der Waals surface area contributed by atoms with Crippen molar-refractivity contribution in [2.24, 2.45) is 5.11 Å². The zero-order chi connectivity index (χ0) is 15.5. The minimum atomic E-state index is -4.92. The molecule has 0 bridgehead atoms. The average Bonchev–Trinajstić information content (AvgIpc) is 2.42. The summed E-state index contributed by atoms with van der Waals surface area (Å²) in [6, 6.07) is 2.89. The molecule has 1 aliphatic heterocycles. The normalized spacial score (nSPS) is 15.7. The van der Waals surface area contributed by atoms with Gasteiger partial charge in [0.05, 0.1) is 0 Å². The monoisotopic (exact) mass is 298 g/mol. The largest absolute Gasteiger partial charge is 0.482 e. The highest BCUT2D eigenvalue weighted by Crippen LogP contribution is 2.33. The van der Waals surface area contributed by atoms with E-state index in [4.69, 9.17) is 5.53 Å². The number of rotatable bonds is 4. The summed E-state index contributed by atoms with van der Waals surface area (Å²) in [5.41, 5.74) is 10.4. The van der Waals surface area contributed by atoms with E-state index in [1.54, 1.807) is 13.0 Å². The summed E-state index contributed by atoms with van der Waals surface area (Å²) in [7, 11) is 0. The maximum atomic E-state index is 12.7. The molecule has 0 amide bonds. The molecule has 1 aromatic rings. The van der Waals surface area contributed by atoms with Crippen LogP contribution in [0.4, 0.5) is 24.3 Å². The quantitative estimate of drug-likeness (QED) is 0.401. The second-order valence-corrected chi connectivity index (χ2v) is 5.10. The lowest BCUT2D eigenvalue weighted by molar-refractivity contribution is 0.468. The van der Waals surface area contributed by atoms with Crippen molar-refractivity contribution in [3.05, 3.63) is 33.7 Å². The average molecular weight is 298 g/mol. The van der Waals surface area contributed by atoms with Crippen LogP contribution >= 0.6 is 0 Å². The second kappa shape index (κ2) is 6.28. The number of azide groups is 1. The van der Waals surface area contributed by atoms with Gasteiger partial charge in [-0.3, -0.25) is 0 Å². The maximum Gasteiger partial charge on any atom is 0.482 e. The molecule has 0 aliphatic carbocycles. The summed E-state index contributed by atoms with van der Waals surface area (Å²) in [5, 5.41) is 6.73. The van der Waals surface area contributed by atoms with Gasteiger partial charge in [0.15, 0.2) is 0 Å². The summed E-state index contributed by atoms with van der Waals surface area (Å²) < 4.78 is 38.0. The van der Waals surface area contributed by atoms with Crippen LogP contribution in [-0.4, -0.2) is 33.2 Å².